The van der Waals surface area contributed by atoms with Gasteiger partial charge in [-0.05, 0) is 40.2 Å². The van der Waals surface area contributed by atoms with Gasteiger partial charge in [-0.2, -0.15) is 0 Å². The fourth-order valence-electron chi connectivity index (χ4n) is 3.26. The summed E-state index contributed by atoms with van der Waals surface area (Å²) < 4.78 is 0.181. The van der Waals surface area contributed by atoms with Crippen LogP contribution in [0, 0.1) is 10.1 Å². The molecule has 0 atom stereocenters. The van der Waals surface area contributed by atoms with E-state index in [9.17, 15) is 29.6 Å². The summed E-state index contributed by atoms with van der Waals surface area (Å²) in [6.45, 7) is 0. The van der Waals surface area contributed by atoms with Crippen molar-refractivity contribution < 1.29 is 24.4 Å². The number of benzene rings is 3. The van der Waals surface area contributed by atoms with Gasteiger partial charge >= 0.3 is 5.97 Å². The first-order chi connectivity index (χ1) is 13.3. The Kier molecular flexibility index (Phi) is 3.97. The molecule has 1 heterocycles. The number of carbonyl (C=O) groups is 3. The highest BCUT2D eigenvalue weighted by Gasteiger charge is 2.36. The quantitative estimate of drug-likeness (QED) is 0.373. The van der Waals surface area contributed by atoms with Crippen LogP contribution in [0.1, 0.15) is 31.1 Å². The van der Waals surface area contributed by atoms with Gasteiger partial charge in [0.2, 0.25) is 0 Å². The average molecular weight is 441 g/mol. The Balaban J connectivity index is 2.01. The zero-order valence-electron chi connectivity index (χ0n) is 13.9. The summed E-state index contributed by atoms with van der Waals surface area (Å²) in [6.07, 6.45) is 0. The van der Waals surface area contributed by atoms with Crippen molar-refractivity contribution in [2.24, 2.45) is 0 Å². The second-order valence-corrected chi connectivity index (χ2v) is 6.84. The largest absolute Gasteiger partial charge is 0.478 e. The predicted molar refractivity (Wildman–Crippen MR) is 103 cm³/mol. The molecule has 28 heavy (non-hydrogen) atoms. The number of rotatable bonds is 3. The Hall–Kier alpha value is -3.59. The maximum Gasteiger partial charge on any atom is 0.335 e. The van der Waals surface area contributed by atoms with E-state index >= 15 is 0 Å². The number of nitro benzene ring substituents is 1. The topological polar surface area (TPSA) is 118 Å². The van der Waals surface area contributed by atoms with Gasteiger partial charge in [-0.3, -0.25) is 19.7 Å². The van der Waals surface area contributed by atoms with E-state index in [0.29, 0.717) is 10.8 Å². The molecule has 3 aromatic rings. The molecule has 1 aliphatic rings. The molecule has 0 aliphatic carbocycles. The van der Waals surface area contributed by atoms with Crippen LogP contribution in [0.5, 0.6) is 0 Å². The minimum atomic E-state index is -1.21. The van der Waals surface area contributed by atoms with E-state index < -0.39 is 22.7 Å². The number of carbonyl (C=O) groups excluding carboxylic acids is 2. The summed E-state index contributed by atoms with van der Waals surface area (Å²) in [5.41, 5.74) is -0.127. The van der Waals surface area contributed by atoms with Crippen LogP contribution in [0.15, 0.2) is 53.0 Å². The molecule has 2 amide bonds. The lowest BCUT2D eigenvalue weighted by Crippen LogP contribution is -2.40. The number of carboxylic acids is 1. The minimum absolute atomic E-state index is 0.000767. The van der Waals surface area contributed by atoms with Crippen LogP contribution in [0.2, 0.25) is 0 Å². The number of halogens is 1. The molecule has 1 aliphatic heterocycles. The van der Waals surface area contributed by atoms with E-state index in [1.54, 1.807) is 12.1 Å². The highest BCUT2D eigenvalue weighted by Crippen LogP contribution is 2.40. The van der Waals surface area contributed by atoms with Crippen LogP contribution in [0.25, 0.3) is 10.8 Å². The number of hydrogen-bond donors (Lipinski definition) is 1. The molecule has 8 nitrogen and oxygen atoms in total. The lowest BCUT2D eigenvalue weighted by atomic mass is 9.93. The average Bonchev–Trinajstić information content (AvgIpc) is 2.67. The van der Waals surface area contributed by atoms with Crippen LogP contribution in [-0.4, -0.2) is 27.8 Å². The Morgan fingerprint density at radius 3 is 2.39 bits per heavy atom. The summed E-state index contributed by atoms with van der Waals surface area (Å²) in [7, 11) is 0. The fraction of sp³-hybridized carbons (Fsp3) is 0. The number of anilines is 1. The highest BCUT2D eigenvalue weighted by molar-refractivity contribution is 9.10. The van der Waals surface area contributed by atoms with E-state index in [-0.39, 0.29) is 32.5 Å². The number of carboxylic acid groups (broad SMARTS) is 1. The standard InChI is InChI=1S/C19H9BrN2O6/c20-16-11-5-2-6-12-15(11)13(8-14(16)22(27)28)18(24)21(17(12)23)10-4-1-3-9(7-10)19(25)26/h1-8H,(H,25,26). The van der Waals surface area contributed by atoms with E-state index in [4.69, 9.17) is 0 Å². The second kappa shape index (κ2) is 6.24. The number of aromatic carboxylic acids is 1. The van der Waals surface area contributed by atoms with Gasteiger partial charge in [-0.1, -0.05) is 18.2 Å². The first-order valence-corrected chi connectivity index (χ1v) is 8.72. The first kappa shape index (κ1) is 17.8. The fourth-order valence-corrected chi connectivity index (χ4v) is 3.85. The summed E-state index contributed by atoms with van der Waals surface area (Å²) in [5.74, 6) is -2.60. The van der Waals surface area contributed by atoms with Crippen LogP contribution < -0.4 is 4.90 Å². The smallest absolute Gasteiger partial charge is 0.335 e. The number of hydrogen-bond acceptors (Lipinski definition) is 5. The van der Waals surface area contributed by atoms with E-state index in [1.165, 1.54) is 30.3 Å². The molecule has 9 heteroatoms. The van der Waals surface area contributed by atoms with Crippen molar-refractivity contribution in [3.8, 4) is 0 Å². The maximum absolute atomic E-state index is 13.1. The molecule has 0 unspecified atom stereocenters. The van der Waals surface area contributed by atoms with Gasteiger partial charge in [0, 0.05) is 22.4 Å². The minimum Gasteiger partial charge on any atom is -0.478 e. The molecule has 0 saturated carbocycles. The molecular weight excluding hydrogens is 432 g/mol. The summed E-state index contributed by atoms with van der Waals surface area (Å²) in [5, 5.41) is 21.3. The third-order valence-corrected chi connectivity index (χ3v) is 5.32. The predicted octanol–water partition coefficient (Wildman–Crippen LogP) is 4.01. The zero-order chi connectivity index (χ0) is 20.2. The van der Waals surface area contributed by atoms with Crippen molar-refractivity contribution in [2.45, 2.75) is 0 Å². The molecule has 0 fully saturated rings. The molecule has 1 N–H and O–H groups in total. The Bertz CT molecular complexity index is 1240. The van der Waals surface area contributed by atoms with Crippen LogP contribution in [-0.2, 0) is 0 Å². The third-order valence-electron chi connectivity index (χ3n) is 4.49. The molecule has 0 spiro atoms. The Labute approximate surface area is 165 Å². The van der Waals surface area contributed by atoms with Gasteiger partial charge in [0.05, 0.1) is 21.7 Å². The summed E-state index contributed by atoms with van der Waals surface area (Å²) in [6, 6.07) is 11.2. The lowest BCUT2D eigenvalue weighted by molar-refractivity contribution is -0.385. The van der Waals surface area contributed by atoms with Crippen molar-refractivity contribution in [1.29, 1.82) is 0 Å². The molecule has 3 aromatic carbocycles. The van der Waals surface area contributed by atoms with Crippen molar-refractivity contribution in [3.05, 3.63) is 79.8 Å². The monoisotopic (exact) mass is 440 g/mol. The number of imide groups is 1. The van der Waals surface area contributed by atoms with Gasteiger partial charge in [-0.25, -0.2) is 9.69 Å². The maximum atomic E-state index is 13.1. The van der Waals surface area contributed by atoms with Crippen molar-refractivity contribution in [2.75, 3.05) is 4.90 Å². The number of nitrogens with zero attached hydrogens (tertiary/aromatic N) is 2. The molecule has 0 aromatic heterocycles. The molecular formula is C19H9BrN2O6. The molecule has 0 saturated heterocycles. The molecule has 4 rings (SSSR count). The van der Waals surface area contributed by atoms with Crippen LogP contribution in [0.4, 0.5) is 11.4 Å². The summed E-state index contributed by atoms with van der Waals surface area (Å²) >= 11 is 3.19. The second-order valence-electron chi connectivity index (χ2n) is 6.04. The number of amides is 2. The number of nitro groups is 1. The van der Waals surface area contributed by atoms with Crippen LogP contribution in [0.3, 0.4) is 0 Å². The first-order valence-electron chi connectivity index (χ1n) is 7.93. The van der Waals surface area contributed by atoms with Gasteiger partial charge < -0.3 is 5.11 Å². The van der Waals surface area contributed by atoms with Crippen LogP contribution >= 0.6 is 15.9 Å². The van der Waals surface area contributed by atoms with E-state index in [1.807, 2.05) is 0 Å². The third kappa shape index (κ3) is 2.48. The molecule has 138 valence electrons. The van der Waals surface area contributed by atoms with E-state index in [2.05, 4.69) is 15.9 Å². The van der Waals surface area contributed by atoms with Gasteiger partial charge in [0.1, 0.15) is 4.47 Å². The van der Waals surface area contributed by atoms with Crippen molar-refractivity contribution in [3.63, 3.8) is 0 Å². The summed E-state index contributed by atoms with van der Waals surface area (Å²) in [4.78, 5) is 49.0. The molecule has 0 bridgehead atoms. The van der Waals surface area contributed by atoms with E-state index in [0.717, 1.165) is 11.0 Å². The lowest BCUT2D eigenvalue weighted by Gasteiger charge is -2.27. The Morgan fingerprint density at radius 1 is 1.04 bits per heavy atom. The van der Waals surface area contributed by atoms with Gasteiger partial charge in [-0.15, -0.1) is 0 Å². The SMILES string of the molecule is O=C(O)c1cccc(N2C(=O)c3cccc4c(Br)c([N+](=O)[O-])cc(c34)C2=O)c1. The Morgan fingerprint density at radius 2 is 1.71 bits per heavy atom. The zero-order valence-corrected chi connectivity index (χ0v) is 15.5. The highest BCUT2D eigenvalue weighted by atomic mass is 79.9. The van der Waals surface area contributed by atoms with Crippen molar-refractivity contribution in [1.82, 2.24) is 0 Å². The molecule has 0 radical (unpaired) electrons. The van der Waals surface area contributed by atoms with Crippen molar-refractivity contribution >= 4 is 55.9 Å². The normalized spacial score (nSPS) is 13.1. The van der Waals surface area contributed by atoms with Gasteiger partial charge in [0.25, 0.3) is 17.5 Å². The van der Waals surface area contributed by atoms with Gasteiger partial charge in [0.15, 0.2) is 0 Å².